The lowest BCUT2D eigenvalue weighted by Gasteiger charge is -2.02. The average molecular weight is 447 g/mol. The van der Waals surface area contributed by atoms with Crippen molar-refractivity contribution in [2.45, 2.75) is 0 Å². The third kappa shape index (κ3) is 4.21. The van der Waals surface area contributed by atoms with Crippen LogP contribution in [0, 0.1) is 5.82 Å². The highest BCUT2D eigenvalue weighted by Gasteiger charge is 2.17. The SMILES string of the molecule is Fc1ccc(-n2cc(-c3csc(Nc4ccc(Cl)cc4)n3)c(-c3ccccc3)n2)cc1. The predicted octanol–water partition coefficient (Wildman–Crippen LogP) is 7.20. The van der Waals surface area contributed by atoms with Gasteiger partial charge in [-0.15, -0.1) is 11.3 Å². The second kappa shape index (κ2) is 8.34. The van der Waals surface area contributed by atoms with E-state index >= 15 is 0 Å². The number of benzene rings is 3. The van der Waals surface area contributed by atoms with E-state index in [0.717, 1.165) is 39.0 Å². The zero-order chi connectivity index (χ0) is 21.2. The van der Waals surface area contributed by atoms with Gasteiger partial charge in [-0.2, -0.15) is 5.10 Å². The Balaban J connectivity index is 1.54. The van der Waals surface area contributed by atoms with Gasteiger partial charge in [-0.25, -0.2) is 14.1 Å². The Hall–Kier alpha value is -3.48. The molecule has 0 aliphatic carbocycles. The number of nitrogens with one attached hydrogen (secondary N) is 1. The van der Waals surface area contributed by atoms with Gasteiger partial charge in [-0.05, 0) is 48.5 Å². The Kier molecular flexibility index (Phi) is 5.24. The molecule has 2 aromatic heterocycles. The maximum Gasteiger partial charge on any atom is 0.187 e. The Morgan fingerprint density at radius 1 is 0.903 bits per heavy atom. The molecule has 152 valence electrons. The van der Waals surface area contributed by atoms with Crippen LogP contribution in [0.5, 0.6) is 0 Å². The van der Waals surface area contributed by atoms with E-state index in [9.17, 15) is 4.39 Å². The van der Waals surface area contributed by atoms with Gasteiger partial charge in [0.1, 0.15) is 11.5 Å². The molecule has 5 aromatic rings. The fraction of sp³-hybridized carbons (Fsp3) is 0. The Morgan fingerprint density at radius 2 is 1.65 bits per heavy atom. The summed E-state index contributed by atoms with van der Waals surface area (Å²) < 4.78 is 15.1. The third-order valence-corrected chi connectivity index (χ3v) is 5.74. The average Bonchev–Trinajstić information content (AvgIpc) is 3.44. The Bertz CT molecular complexity index is 1310. The molecule has 0 amide bonds. The largest absolute Gasteiger partial charge is 0.332 e. The van der Waals surface area contributed by atoms with E-state index in [4.69, 9.17) is 21.7 Å². The minimum absolute atomic E-state index is 0.281. The summed E-state index contributed by atoms with van der Waals surface area (Å²) in [7, 11) is 0. The van der Waals surface area contributed by atoms with Gasteiger partial charge < -0.3 is 5.32 Å². The fourth-order valence-corrected chi connectivity index (χ4v) is 4.07. The molecule has 3 aromatic carbocycles. The lowest BCUT2D eigenvalue weighted by molar-refractivity contribution is 0.627. The van der Waals surface area contributed by atoms with Crippen molar-refractivity contribution in [3.8, 4) is 28.2 Å². The molecule has 0 saturated carbocycles. The van der Waals surface area contributed by atoms with Crippen molar-refractivity contribution in [3.05, 3.63) is 101 Å². The first kappa shape index (κ1) is 19.5. The molecule has 31 heavy (non-hydrogen) atoms. The lowest BCUT2D eigenvalue weighted by Crippen LogP contribution is -1.94. The summed E-state index contributed by atoms with van der Waals surface area (Å²) in [5.41, 5.74) is 5.20. The molecule has 5 rings (SSSR count). The second-order valence-corrected chi connectivity index (χ2v) is 8.14. The van der Waals surface area contributed by atoms with Crippen LogP contribution < -0.4 is 5.32 Å². The second-order valence-electron chi connectivity index (χ2n) is 6.85. The van der Waals surface area contributed by atoms with Crippen LogP contribution >= 0.6 is 22.9 Å². The van der Waals surface area contributed by atoms with Gasteiger partial charge in [0.05, 0.1) is 11.4 Å². The van der Waals surface area contributed by atoms with Gasteiger partial charge >= 0.3 is 0 Å². The van der Waals surface area contributed by atoms with Crippen molar-refractivity contribution < 1.29 is 4.39 Å². The van der Waals surface area contributed by atoms with E-state index in [1.165, 1.54) is 23.5 Å². The molecule has 0 saturated heterocycles. The molecule has 7 heteroatoms. The van der Waals surface area contributed by atoms with Crippen LogP contribution in [0.4, 0.5) is 15.2 Å². The van der Waals surface area contributed by atoms with Gasteiger partial charge in [0, 0.05) is 33.4 Å². The zero-order valence-electron chi connectivity index (χ0n) is 16.2. The molecular weight excluding hydrogens is 431 g/mol. The highest BCUT2D eigenvalue weighted by Crippen LogP contribution is 2.34. The number of aromatic nitrogens is 3. The van der Waals surface area contributed by atoms with Gasteiger partial charge in [-0.3, -0.25) is 0 Å². The molecule has 1 N–H and O–H groups in total. The van der Waals surface area contributed by atoms with E-state index in [1.807, 2.05) is 66.2 Å². The van der Waals surface area contributed by atoms with E-state index < -0.39 is 0 Å². The van der Waals surface area contributed by atoms with Crippen LogP contribution in [0.15, 0.2) is 90.4 Å². The van der Waals surface area contributed by atoms with E-state index in [-0.39, 0.29) is 5.82 Å². The molecule has 0 aliphatic rings. The summed E-state index contributed by atoms with van der Waals surface area (Å²) in [4.78, 5) is 4.77. The number of nitrogens with zero attached hydrogens (tertiary/aromatic N) is 3. The number of thiazole rings is 1. The quantitative estimate of drug-likeness (QED) is 0.310. The van der Waals surface area contributed by atoms with Crippen molar-refractivity contribution in [2.24, 2.45) is 0 Å². The number of hydrogen-bond donors (Lipinski definition) is 1. The number of hydrogen-bond acceptors (Lipinski definition) is 4. The van der Waals surface area contributed by atoms with Crippen LogP contribution in [0.2, 0.25) is 5.02 Å². The summed E-state index contributed by atoms with van der Waals surface area (Å²) in [6, 6.07) is 23.7. The van der Waals surface area contributed by atoms with E-state index in [2.05, 4.69) is 5.32 Å². The minimum atomic E-state index is -0.281. The molecule has 0 fully saturated rings. The summed E-state index contributed by atoms with van der Waals surface area (Å²) in [6.45, 7) is 0. The van der Waals surface area contributed by atoms with Crippen LogP contribution in [0.1, 0.15) is 0 Å². The molecule has 4 nitrogen and oxygen atoms in total. The molecule has 0 radical (unpaired) electrons. The van der Waals surface area contributed by atoms with Gasteiger partial charge in [-0.1, -0.05) is 41.9 Å². The van der Waals surface area contributed by atoms with Crippen molar-refractivity contribution >= 4 is 33.8 Å². The highest BCUT2D eigenvalue weighted by molar-refractivity contribution is 7.14. The number of halogens is 2. The molecule has 0 atom stereocenters. The number of anilines is 2. The van der Waals surface area contributed by atoms with Gasteiger partial charge in [0.15, 0.2) is 5.13 Å². The van der Waals surface area contributed by atoms with Crippen LogP contribution in [-0.2, 0) is 0 Å². The highest BCUT2D eigenvalue weighted by atomic mass is 35.5. The van der Waals surface area contributed by atoms with E-state index in [0.29, 0.717) is 5.02 Å². The topological polar surface area (TPSA) is 42.7 Å². The third-order valence-electron chi connectivity index (χ3n) is 4.73. The Labute approximate surface area is 187 Å². The molecule has 2 heterocycles. The molecular formula is C24H16ClFN4S. The molecule has 0 unspecified atom stereocenters. The summed E-state index contributed by atoms with van der Waals surface area (Å²) >= 11 is 7.48. The van der Waals surface area contributed by atoms with Crippen LogP contribution in [0.3, 0.4) is 0 Å². The molecule has 0 bridgehead atoms. The van der Waals surface area contributed by atoms with Gasteiger partial charge in [0.25, 0.3) is 0 Å². The summed E-state index contributed by atoms with van der Waals surface area (Å²) in [6.07, 6.45) is 1.93. The van der Waals surface area contributed by atoms with Crippen molar-refractivity contribution in [2.75, 3.05) is 5.32 Å². The first-order chi connectivity index (χ1) is 15.2. The standard InChI is InChI=1S/C24H16ClFN4S/c25-17-6-10-19(11-7-17)27-24-28-22(15-31-24)21-14-30(20-12-8-18(26)9-13-20)29-23(21)16-4-2-1-3-5-16/h1-15H,(H,27,28). The maximum absolute atomic E-state index is 13.4. The van der Waals surface area contributed by atoms with Gasteiger partial charge in [0.2, 0.25) is 0 Å². The first-order valence-corrected chi connectivity index (χ1v) is 10.8. The zero-order valence-corrected chi connectivity index (χ0v) is 17.7. The Morgan fingerprint density at radius 3 is 2.39 bits per heavy atom. The van der Waals surface area contributed by atoms with Crippen LogP contribution in [-0.4, -0.2) is 14.8 Å². The summed E-state index contributed by atoms with van der Waals surface area (Å²) in [5.74, 6) is -0.281. The number of rotatable bonds is 5. The monoisotopic (exact) mass is 446 g/mol. The molecule has 0 spiro atoms. The van der Waals surface area contributed by atoms with Crippen molar-refractivity contribution in [1.29, 1.82) is 0 Å². The van der Waals surface area contributed by atoms with Crippen LogP contribution in [0.25, 0.3) is 28.2 Å². The van der Waals surface area contributed by atoms with E-state index in [1.54, 1.807) is 16.8 Å². The lowest BCUT2D eigenvalue weighted by atomic mass is 10.1. The molecule has 0 aliphatic heterocycles. The smallest absolute Gasteiger partial charge is 0.187 e. The fourth-order valence-electron chi connectivity index (χ4n) is 3.21. The van der Waals surface area contributed by atoms with Crippen molar-refractivity contribution in [3.63, 3.8) is 0 Å². The maximum atomic E-state index is 13.4. The minimum Gasteiger partial charge on any atom is -0.332 e. The predicted molar refractivity (Wildman–Crippen MR) is 125 cm³/mol. The normalized spacial score (nSPS) is 10.9. The van der Waals surface area contributed by atoms with Crippen molar-refractivity contribution in [1.82, 2.24) is 14.8 Å². The summed E-state index contributed by atoms with van der Waals surface area (Å²) in [5, 5.41) is 11.5. The first-order valence-electron chi connectivity index (χ1n) is 9.55.